The van der Waals surface area contributed by atoms with Gasteiger partial charge in [0.15, 0.2) is 0 Å². The monoisotopic (exact) mass is 265 g/mol. The SMILES string of the molecule is CN(C)c1ncc(CNc2ccnc(Cl)c2)n1C. The van der Waals surface area contributed by atoms with Crippen LogP contribution in [0.25, 0.3) is 0 Å². The number of anilines is 2. The summed E-state index contributed by atoms with van der Waals surface area (Å²) >= 11 is 5.83. The summed E-state index contributed by atoms with van der Waals surface area (Å²) < 4.78 is 2.05. The number of hydrogen-bond donors (Lipinski definition) is 1. The third kappa shape index (κ3) is 2.73. The zero-order chi connectivity index (χ0) is 13.1. The predicted octanol–water partition coefficient (Wildman–Crippen LogP) is 2.15. The minimum atomic E-state index is 0.485. The number of halogens is 1. The molecule has 0 radical (unpaired) electrons. The molecule has 2 aromatic rings. The standard InChI is InChI=1S/C12H16ClN5/c1-17(2)12-16-8-10(18(12)3)7-15-9-4-5-14-11(13)6-9/h4-6,8H,7H2,1-3H3,(H,14,15). The summed E-state index contributed by atoms with van der Waals surface area (Å²) in [5.74, 6) is 0.930. The Bertz CT molecular complexity index is 535. The number of nitrogens with zero attached hydrogens (tertiary/aromatic N) is 4. The Labute approximate surface area is 111 Å². The Kier molecular flexibility index (Phi) is 3.72. The summed E-state index contributed by atoms with van der Waals surface area (Å²) in [5, 5.41) is 3.78. The van der Waals surface area contributed by atoms with E-state index >= 15 is 0 Å². The van der Waals surface area contributed by atoms with E-state index in [1.807, 2.05) is 38.3 Å². The van der Waals surface area contributed by atoms with Crippen molar-refractivity contribution in [2.24, 2.45) is 7.05 Å². The number of hydrogen-bond acceptors (Lipinski definition) is 4. The summed E-state index contributed by atoms with van der Waals surface area (Å²) in [4.78, 5) is 10.3. The molecule has 6 heteroatoms. The number of rotatable bonds is 4. The smallest absolute Gasteiger partial charge is 0.204 e. The molecular weight excluding hydrogens is 250 g/mol. The molecular formula is C12H16ClN5. The lowest BCUT2D eigenvalue weighted by molar-refractivity contribution is 0.814. The Morgan fingerprint density at radius 3 is 2.78 bits per heavy atom. The zero-order valence-electron chi connectivity index (χ0n) is 10.7. The molecule has 2 aromatic heterocycles. The van der Waals surface area contributed by atoms with Crippen molar-refractivity contribution in [3.05, 3.63) is 35.4 Å². The average Bonchev–Trinajstić information content (AvgIpc) is 2.68. The molecule has 0 aliphatic carbocycles. The zero-order valence-corrected chi connectivity index (χ0v) is 11.4. The molecule has 96 valence electrons. The Hall–Kier alpha value is -1.75. The van der Waals surface area contributed by atoms with E-state index in [1.165, 1.54) is 0 Å². The molecule has 18 heavy (non-hydrogen) atoms. The molecule has 0 bridgehead atoms. The van der Waals surface area contributed by atoms with E-state index in [1.54, 1.807) is 12.3 Å². The van der Waals surface area contributed by atoms with Crippen LogP contribution in [0, 0.1) is 0 Å². The Morgan fingerprint density at radius 1 is 1.39 bits per heavy atom. The number of aromatic nitrogens is 3. The van der Waals surface area contributed by atoms with Crippen LogP contribution in [0.4, 0.5) is 11.6 Å². The minimum absolute atomic E-state index is 0.485. The van der Waals surface area contributed by atoms with Gasteiger partial charge in [0, 0.05) is 33.0 Å². The van der Waals surface area contributed by atoms with Crippen molar-refractivity contribution in [1.82, 2.24) is 14.5 Å². The van der Waals surface area contributed by atoms with Crippen molar-refractivity contribution in [1.29, 1.82) is 0 Å². The van der Waals surface area contributed by atoms with Crippen LogP contribution in [-0.4, -0.2) is 28.6 Å². The van der Waals surface area contributed by atoms with Crippen LogP contribution >= 0.6 is 11.6 Å². The summed E-state index contributed by atoms with van der Waals surface area (Å²) in [5.41, 5.74) is 2.05. The molecule has 0 unspecified atom stereocenters. The van der Waals surface area contributed by atoms with Crippen LogP contribution in [0.15, 0.2) is 24.5 Å². The molecule has 2 rings (SSSR count). The van der Waals surface area contributed by atoms with E-state index in [9.17, 15) is 0 Å². The van der Waals surface area contributed by atoms with Gasteiger partial charge in [-0.15, -0.1) is 0 Å². The predicted molar refractivity (Wildman–Crippen MR) is 74.1 cm³/mol. The molecule has 2 heterocycles. The molecule has 0 aliphatic rings. The first-order valence-corrected chi connectivity index (χ1v) is 5.99. The van der Waals surface area contributed by atoms with Gasteiger partial charge in [0.2, 0.25) is 5.95 Å². The molecule has 0 fully saturated rings. The van der Waals surface area contributed by atoms with Crippen molar-refractivity contribution in [2.45, 2.75) is 6.54 Å². The van der Waals surface area contributed by atoms with Crippen molar-refractivity contribution < 1.29 is 0 Å². The fourth-order valence-electron chi connectivity index (χ4n) is 1.72. The van der Waals surface area contributed by atoms with Gasteiger partial charge in [-0.3, -0.25) is 0 Å². The topological polar surface area (TPSA) is 46.0 Å². The van der Waals surface area contributed by atoms with Crippen LogP contribution in [0.3, 0.4) is 0 Å². The van der Waals surface area contributed by atoms with Gasteiger partial charge in [0.05, 0.1) is 18.4 Å². The summed E-state index contributed by atoms with van der Waals surface area (Å²) in [6, 6.07) is 3.68. The van der Waals surface area contributed by atoms with Gasteiger partial charge in [0.1, 0.15) is 5.15 Å². The second kappa shape index (κ2) is 5.27. The van der Waals surface area contributed by atoms with Crippen LogP contribution in [0.2, 0.25) is 5.15 Å². The molecule has 0 amide bonds. The molecule has 0 saturated carbocycles. The summed E-state index contributed by atoms with van der Waals surface area (Å²) in [7, 11) is 5.95. The molecule has 5 nitrogen and oxygen atoms in total. The van der Waals surface area contributed by atoms with Crippen molar-refractivity contribution in [2.75, 3.05) is 24.3 Å². The van der Waals surface area contributed by atoms with Gasteiger partial charge >= 0.3 is 0 Å². The van der Waals surface area contributed by atoms with Gasteiger partial charge in [0.25, 0.3) is 0 Å². The van der Waals surface area contributed by atoms with Gasteiger partial charge < -0.3 is 14.8 Å². The van der Waals surface area contributed by atoms with Crippen LogP contribution in [0.5, 0.6) is 0 Å². The minimum Gasteiger partial charge on any atom is -0.379 e. The van der Waals surface area contributed by atoms with Gasteiger partial charge in [-0.05, 0) is 12.1 Å². The fraction of sp³-hybridized carbons (Fsp3) is 0.333. The second-order valence-electron chi connectivity index (χ2n) is 4.22. The molecule has 0 aliphatic heterocycles. The normalized spacial score (nSPS) is 10.4. The number of nitrogens with one attached hydrogen (secondary N) is 1. The van der Waals surface area contributed by atoms with E-state index in [0.29, 0.717) is 11.7 Å². The Morgan fingerprint density at radius 2 is 2.17 bits per heavy atom. The molecule has 0 aromatic carbocycles. The number of imidazole rings is 1. The van der Waals surface area contributed by atoms with E-state index in [4.69, 9.17) is 11.6 Å². The van der Waals surface area contributed by atoms with Gasteiger partial charge in [-0.2, -0.15) is 0 Å². The van der Waals surface area contributed by atoms with E-state index in [0.717, 1.165) is 17.3 Å². The lowest BCUT2D eigenvalue weighted by Gasteiger charge is -2.13. The van der Waals surface area contributed by atoms with E-state index in [-0.39, 0.29) is 0 Å². The van der Waals surface area contributed by atoms with Crippen LogP contribution in [0.1, 0.15) is 5.69 Å². The first kappa shape index (κ1) is 12.7. The highest BCUT2D eigenvalue weighted by atomic mass is 35.5. The third-order valence-electron chi connectivity index (χ3n) is 2.66. The molecule has 0 atom stereocenters. The van der Waals surface area contributed by atoms with Crippen molar-refractivity contribution >= 4 is 23.2 Å². The van der Waals surface area contributed by atoms with E-state index in [2.05, 4.69) is 19.9 Å². The first-order chi connectivity index (χ1) is 8.58. The van der Waals surface area contributed by atoms with Gasteiger partial charge in [-0.1, -0.05) is 11.6 Å². The number of pyridine rings is 1. The Balaban J connectivity index is 2.07. The van der Waals surface area contributed by atoms with Crippen LogP contribution < -0.4 is 10.2 Å². The summed E-state index contributed by atoms with van der Waals surface area (Å²) in [6.45, 7) is 0.692. The molecule has 0 saturated heterocycles. The second-order valence-corrected chi connectivity index (χ2v) is 4.61. The quantitative estimate of drug-likeness (QED) is 0.861. The maximum Gasteiger partial charge on any atom is 0.204 e. The maximum atomic E-state index is 5.83. The van der Waals surface area contributed by atoms with E-state index < -0.39 is 0 Å². The largest absolute Gasteiger partial charge is 0.379 e. The average molecular weight is 266 g/mol. The molecule has 0 spiro atoms. The highest BCUT2D eigenvalue weighted by molar-refractivity contribution is 6.29. The molecule has 1 N–H and O–H groups in total. The lowest BCUT2D eigenvalue weighted by Crippen LogP contribution is -2.15. The fourth-order valence-corrected chi connectivity index (χ4v) is 1.89. The summed E-state index contributed by atoms with van der Waals surface area (Å²) in [6.07, 6.45) is 3.55. The van der Waals surface area contributed by atoms with Crippen molar-refractivity contribution in [3.63, 3.8) is 0 Å². The first-order valence-electron chi connectivity index (χ1n) is 5.61. The highest BCUT2D eigenvalue weighted by Gasteiger charge is 2.07. The highest BCUT2D eigenvalue weighted by Crippen LogP contribution is 2.15. The van der Waals surface area contributed by atoms with Crippen molar-refractivity contribution in [3.8, 4) is 0 Å². The van der Waals surface area contributed by atoms with Crippen LogP contribution in [-0.2, 0) is 13.6 Å². The maximum absolute atomic E-state index is 5.83. The lowest BCUT2D eigenvalue weighted by atomic mass is 10.4. The third-order valence-corrected chi connectivity index (χ3v) is 2.87. The van der Waals surface area contributed by atoms with Gasteiger partial charge in [-0.25, -0.2) is 9.97 Å².